The van der Waals surface area contributed by atoms with Gasteiger partial charge in [0.15, 0.2) is 11.5 Å². The fourth-order valence-electron chi connectivity index (χ4n) is 4.66. The van der Waals surface area contributed by atoms with E-state index in [-0.39, 0.29) is 73.6 Å². The van der Waals surface area contributed by atoms with Crippen LogP contribution in [-0.4, -0.2) is 91.2 Å². The lowest BCUT2D eigenvalue weighted by atomic mass is 9.83. The Morgan fingerprint density at radius 3 is 2.67 bits per heavy atom. The Morgan fingerprint density at radius 2 is 2.00 bits per heavy atom. The fourth-order valence-corrected chi connectivity index (χ4v) is 4.66. The number of aliphatic hydroxyl groups is 2. The summed E-state index contributed by atoms with van der Waals surface area (Å²) in [4.78, 5) is 28.1. The number of fused-ring (bicyclic) bond motifs is 4. The Kier molecular flexibility index (Phi) is 4.59. The zero-order valence-corrected chi connectivity index (χ0v) is 15.4. The third-order valence-corrected chi connectivity index (χ3v) is 5.87. The first-order valence-electron chi connectivity index (χ1n) is 9.08. The second-order valence-corrected chi connectivity index (χ2v) is 7.11. The number of Topliss-reactive ketones (excluding diaryl/α,β-unsaturated/α-hetero) is 2. The van der Waals surface area contributed by atoms with Gasteiger partial charge < -0.3 is 34.6 Å². The number of ketones is 2. The van der Waals surface area contributed by atoms with Gasteiger partial charge in [0.2, 0.25) is 11.6 Å². The summed E-state index contributed by atoms with van der Waals surface area (Å²) < 4.78 is 16.5. The summed E-state index contributed by atoms with van der Waals surface area (Å²) in [5.74, 6) is -1.28. The Balaban J connectivity index is 1.62. The minimum Gasteiger partial charge on any atom is -0.487 e. The van der Waals surface area contributed by atoms with Crippen molar-refractivity contribution in [1.82, 2.24) is 10.2 Å². The van der Waals surface area contributed by atoms with E-state index >= 15 is 0 Å². The highest BCUT2D eigenvalue weighted by molar-refractivity contribution is 6.25. The van der Waals surface area contributed by atoms with Crippen LogP contribution in [0.5, 0.6) is 0 Å². The molecule has 4 unspecified atom stereocenters. The van der Waals surface area contributed by atoms with Crippen LogP contribution in [0.2, 0.25) is 0 Å². The Bertz CT molecular complexity index is 746. The lowest BCUT2D eigenvalue weighted by molar-refractivity contribution is -0.137. The Hall–Kier alpha value is -1.78. The third kappa shape index (κ3) is 2.43. The van der Waals surface area contributed by atoms with Crippen LogP contribution >= 0.6 is 0 Å². The average molecular weight is 380 g/mol. The summed E-state index contributed by atoms with van der Waals surface area (Å²) in [6.45, 7) is 2.18. The smallest absolute Gasteiger partial charge is 0.226 e. The van der Waals surface area contributed by atoms with Gasteiger partial charge in [-0.05, 0) is 6.92 Å². The Labute approximate surface area is 156 Å². The molecule has 2 saturated heterocycles. The molecule has 3 heterocycles. The van der Waals surface area contributed by atoms with E-state index < -0.39 is 11.6 Å². The molecule has 0 aromatic carbocycles. The molecule has 0 saturated carbocycles. The predicted molar refractivity (Wildman–Crippen MR) is 91.3 cm³/mol. The maximum Gasteiger partial charge on any atom is 0.226 e. The Morgan fingerprint density at radius 1 is 1.22 bits per heavy atom. The number of hydrogen-bond donors (Lipinski definition) is 3. The van der Waals surface area contributed by atoms with E-state index in [1.807, 2.05) is 4.90 Å². The summed E-state index contributed by atoms with van der Waals surface area (Å²) in [5.41, 5.74) is -0.0715. The first kappa shape index (κ1) is 18.6. The van der Waals surface area contributed by atoms with Gasteiger partial charge in [-0.1, -0.05) is 0 Å². The first-order valence-corrected chi connectivity index (χ1v) is 9.08. The van der Waals surface area contributed by atoms with Crippen LogP contribution < -0.4 is 5.32 Å². The van der Waals surface area contributed by atoms with E-state index in [0.29, 0.717) is 12.2 Å². The van der Waals surface area contributed by atoms with E-state index in [9.17, 15) is 14.7 Å². The molecule has 9 heteroatoms. The molecule has 9 nitrogen and oxygen atoms in total. The summed E-state index contributed by atoms with van der Waals surface area (Å²) in [6, 6.07) is 0.170. The van der Waals surface area contributed by atoms with Gasteiger partial charge in [0.1, 0.15) is 6.61 Å². The van der Waals surface area contributed by atoms with E-state index in [1.165, 1.54) is 0 Å². The van der Waals surface area contributed by atoms with Crippen molar-refractivity contribution in [3.05, 3.63) is 22.6 Å². The van der Waals surface area contributed by atoms with Gasteiger partial charge in [-0.3, -0.25) is 9.59 Å². The van der Waals surface area contributed by atoms with Gasteiger partial charge in [0, 0.05) is 30.8 Å². The van der Waals surface area contributed by atoms with Gasteiger partial charge in [0.25, 0.3) is 0 Å². The summed E-state index contributed by atoms with van der Waals surface area (Å²) in [6.07, 6.45) is 0. The van der Waals surface area contributed by atoms with Crippen LogP contribution in [0.4, 0.5) is 0 Å². The fraction of sp³-hybridized carbons (Fsp3) is 0.667. The van der Waals surface area contributed by atoms with Crippen molar-refractivity contribution in [3.8, 4) is 0 Å². The van der Waals surface area contributed by atoms with Crippen molar-refractivity contribution >= 4 is 11.6 Å². The third-order valence-electron chi connectivity index (χ3n) is 5.87. The van der Waals surface area contributed by atoms with Crippen molar-refractivity contribution in [2.75, 3.05) is 46.7 Å². The molecule has 4 aliphatic rings. The van der Waals surface area contributed by atoms with E-state index in [0.717, 1.165) is 0 Å². The summed E-state index contributed by atoms with van der Waals surface area (Å²) in [5, 5.41) is 22.1. The molecule has 3 N–H and O–H groups in total. The van der Waals surface area contributed by atoms with Crippen molar-refractivity contribution in [2.45, 2.75) is 24.7 Å². The minimum absolute atomic E-state index is 0.00229. The number of carbonyl (C=O) groups excluding carboxylic acids is 2. The molecule has 1 aliphatic carbocycles. The molecule has 0 radical (unpaired) electrons. The van der Waals surface area contributed by atoms with E-state index in [1.54, 1.807) is 14.0 Å². The van der Waals surface area contributed by atoms with Gasteiger partial charge in [-0.15, -0.1) is 0 Å². The lowest BCUT2D eigenvalue weighted by Gasteiger charge is -2.39. The largest absolute Gasteiger partial charge is 0.487 e. The minimum atomic E-state index is -0.921. The molecule has 0 spiro atoms. The molecular weight excluding hydrogens is 356 g/mol. The number of rotatable bonds is 8. The topological polar surface area (TPSA) is 127 Å². The molecular formula is C18H24N2O7. The van der Waals surface area contributed by atoms with E-state index in [2.05, 4.69) is 5.32 Å². The molecule has 0 aromatic heterocycles. The number of carbonyl (C=O) groups is 2. The lowest BCUT2D eigenvalue weighted by Crippen LogP contribution is -2.54. The van der Waals surface area contributed by atoms with Crippen molar-refractivity contribution < 1.29 is 34.0 Å². The molecule has 0 bridgehead atoms. The maximum absolute atomic E-state index is 13.2. The highest BCUT2D eigenvalue weighted by Gasteiger charge is 2.72. The number of aliphatic hydroxyl groups excluding tert-OH is 2. The average Bonchev–Trinajstić information content (AvgIpc) is 3.27. The van der Waals surface area contributed by atoms with Crippen LogP contribution in [0.1, 0.15) is 6.92 Å². The highest BCUT2D eigenvalue weighted by Crippen LogP contribution is 2.55. The number of allylic oxidation sites excluding steroid dienone is 2. The number of methoxy groups -OCH3 is 1. The normalized spacial score (nSPS) is 34.2. The molecule has 0 aromatic rings. The number of nitrogens with one attached hydrogen (secondary N) is 1. The standard InChI is InChI=1S/C18H24N2O7/c1-9-14(23)13-12(15(24)16(9)27-6-5-26-4-3-21)10(8-22)18(25-2)17-11(19-17)7-20(13)18/h10-11,17,19,21-22H,3-8H2,1-2H3. The van der Waals surface area contributed by atoms with Crippen molar-refractivity contribution in [1.29, 1.82) is 0 Å². The molecule has 148 valence electrons. The van der Waals surface area contributed by atoms with Crippen LogP contribution in [-0.2, 0) is 23.8 Å². The maximum atomic E-state index is 13.2. The molecule has 2 fully saturated rings. The molecule has 3 aliphatic heterocycles. The SMILES string of the molecule is COC12C(CO)C3=C(C(=O)C(C)=C(OCCOCCO)C3=O)N1CC1NC12. The second kappa shape index (κ2) is 6.68. The zero-order chi connectivity index (χ0) is 19.3. The van der Waals surface area contributed by atoms with Gasteiger partial charge in [-0.25, -0.2) is 0 Å². The quantitative estimate of drug-likeness (QED) is 0.257. The van der Waals surface area contributed by atoms with Crippen molar-refractivity contribution in [3.63, 3.8) is 0 Å². The molecule has 0 amide bonds. The van der Waals surface area contributed by atoms with Crippen LogP contribution in [0.25, 0.3) is 0 Å². The molecule has 27 heavy (non-hydrogen) atoms. The van der Waals surface area contributed by atoms with Gasteiger partial charge >= 0.3 is 0 Å². The number of hydrogen-bond acceptors (Lipinski definition) is 9. The number of ether oxygens (including phenoxy) is 3. The van der Waals surface area contributed by atoms with Gasteiger partial charge in [0.05, 0.1) is 44.1 Å². The molecule has 4 rings (SSSR count). The van der Waals surface area contributed by atoms with Crippen LogP contribution in [0.15, 0.2) is 22.6 Å². The number of nitrogens with zero attached hydrogens (tertiary/aromatic N) is 1. The van der Waals surface area contributed by atoms with E-state index in [4.69, 9.17) is 19.3 Å². The summed E-state index contributed by atoms with van der Waals surface area (Å²) in [7, 11) is 1.54. The highest BCUT2D eigenvalue weighted by atomic mass is 16.5. The van der Waals surface area contributed by atoms with Crippen LogP contribution in [0.3, 0.4) is 0 Å². The van der Waals surface area contributed by atoms with Gasteiger partial charge in [-0.2, -0.15) is 0 Å². The monoisotopic (exact) mass is 380 g/mol. The first-order chi connectivity index (χ1) is 13.0. The van der Waals surface area contributed by atoms with Crippen LogP contribution in [0, 0.1) is 5.92 Å². The molecule has 4 atom stereocenters. The number of piperazine rings is 1. The van der Waals surface area contributed by atoms with Crippen molar-refractivity contribution in [2.24, 2.45) is 5.92 Å². The predicted octanol–water partition coefficient (Wildman–Crippen LogP) is -1.69. The second-order valence-electron chi connectivity index (χ2n) is 7.11. The summed E-state index contributed by atoms with van der Waals surface area (Å²) >= 11 is 0. The zero-order valence-electron chi connectivity index (χ0n) is 15.4.